The SMILES string of the molecule is CC1=NC(c2ccc(F)cc2)=CC(C(N)=S)S1. The van der Waals surface area contributed by atoms with Crippen molar-refractivity contribution >= 4 is 39.7 Å². The van der Waals surface area contributed by atoms with E-state index in [2.05, 4.69) is 4.99 Å². The van der Waals surface area contributed by atoms with Gasteiger partial charge in [-0.25, -0.2) is 9.38 Å². The number of rotatable bonds is 2. The second-order valence-electron chi connectivity index (χ2n) is 3.63. The van der Waals surface area contributed by atoms with Crippen molar-refractivity contribution < 1.29 is 4.39 Å². The molecule has 0 radical (unpaired) electrons. The van der Waals surface area contributed by atoms with Crippen LogP contribution in [0.4, 0.5) is 4.39 Å². The van der Waals surface area contributed by atoms with Gasteiger partial charge in [0.05, 0.1) is 21.0 Å². The van der Waals surface area contributed by atoms with Crippen molar-refractivity contribution in [2.75, 3.05) is 0 Å². The summed E-state index contributed by atoms with van der Waals surface area (Å²) in [5.41, 5.74) is 7.30. The van der Waals surface area contributed by atoms with Crippen LogP contribution in [0.1, 0.15) is 12.5 Å². The molecule has 0 saturated carbocycles. The van der Waals surface area contributed by atoms with Gasteiger partial charge in [0, 0.05) is 5.56 Å². The molecule has 2 nitrogen and oxygen atoms in total. The maximum atomic E-state index is 12.8. The first-order valence-corrected chi connectivity index (χ1v) is 6.34. The van der Waals surface area contributed by atoms with E-state index in [1.807, 2.05) is 13.0 Å². The average Bonchev–Trinajstić information content (AvgIpc) is 2.29. The highest BCUT2D eigenvalue weighted by Gasteiger charge is 2.18. The summed E-state index contributed by atoms with van der Waals surface area (Å²) in [6, 6.07) is 6.23. The maximum absolute atomic E-state index is 12.8. The molecule has 2 N–H and O–H groups in total. The Bertz CT molecular complexity index is 506. The van der Waals surface area contributed by atoms with Gasteiger partial charge in [-0.15, -0.1) is 0 Å². The van der Waals surface area contributed by atoms with E-state index in [1.165, 1.54) is 23.9 Å². The summed E-state index contributed by atoms with van der Waals surface area (Å²) < 4.78 is 12.8. The molecule has 88 valence electrons. The zero-order chi connectivity index (χ0) is 12.4. The normalized spacial score (nSPS) is 19.5. The molecule has 0 amide bonds. The van der Waals surface area contributed by atoms with Crippen molar-refractivity contribution in [2.24, 2.45) is 10.7 Å². The molecule has 0 fully saturated rings. The number of hydrogen-bond donors (Lipinski definition) is 1. The summed E-state index contributed by atoms with van der Waals surface area (Å²) in [6.45, 7) is 1.91. The van der Waals surface area contributed by atoms with Crippen molar-refractivity contribution in [2.45, 2.75) is 12.2 Å². The van der Waals surface area contributed by atoms with Gasteiger partial charge in [0.2, 0.25) is 0 Å². The molecule has 1 aliphatic heterocycles. The fourth-order valence-corrected chi connectivity index (χ4v) is 2.56. The molecule has 0 bridgehead atoms. The number of benzene rings is 1. The highest BCUT2D eigenvalue weighted by Crippen LogP contribution is 2.28. The van der Waals surface area contributed by atoms with E-state index in [1.54, 1.807) is 12.1 Å². The lowest BCUT2D eigenvalue weighted by Crippen LogP contribution is -2.24. The van der Waals surface area contributed by atoms with Crippen molar-refractivity contribution in [1.82, 2.24) is 0 Å². The molecule has 1 aliphatic rings. The number of nitrogens with two attached hydrogens (primary N) is 1. The Morgan fingerprint density at radius 3 is 2.65 bits per heavy atom. The Hall–Kier alpha value is -1.20. The van der Waals surface area contributed by atoms with Crippen molar-refractivity contribution in [3.8, 4) is 0 Å². The van der Waals surface area contributed by atoms with E-state index in [-0.39, 0.29) is 11.1 Å². The smallest absolute Gasteiger partial charge is 0.123 e. The van der Waals surface area contributed by atoms with Crippen LogP contribution in [-0.4, -0.2) is 15.3 Å². The Morgan fingerprint density at radius 1 is 1.41 bits per heavy atom. The van der Waals surface area contributed by atoms with Gasteiger partial charge in [0.1, 0.15) is 5.82 Å². The molecule has 0 aliphatic carbocycles. The Labute approximate surface area is 109 Å². The van der Waals surface area contributed by atoms with Crippen LogP contribution in [0.5, 0.6) is 0 Å². The fraction of sp³-hybridized carbons (Fsp3) is 0.167. The van der Waals surface area contributed by atoms with Crippen LogP contribution in [0.2, 0.25) is 0 Å². The Kier molecular flexibility index (Phi) is 3.59. The molecular weight excluding hydrogens is 255 g/mol. The third kappa shape index (κ3) is 2.92. The minimum Gasteiger partial charge on any atom is -0.392 e. The summed E-state index contributed by atoms with van der Waals surface area (Å²) in [6.07, 6.45) is 1.91. The lowest BCUT2D eigenvalue weighted by atomic mass is 10.1. The number of halogens is 1. The first-order valence-electron chi connectivity index (χ1n) is 5.05. The third-order valence-corrected chi connectivity index (χ3v) is 3.78. The van der Waals surface area contributed by atoms with E-state index < -0.39 is 0 Å². The quantitative estimate of drug-likeness (QED) is 0.836. The second-order valence-corrected chi connectivity index (χ2v) is 5.44. The van der Waals surface area contributed by atoms with E-state index in [0.717, 1.165) is 16.3 Å². The average molecular weight is 266 g/mol. The molecule has 0 spiro atoms. The fourth-order valence-electron chi connectivity index (χ4n) is 1.52. The largest absolute Gasteiger partial charge is 0.392 e. The first kappa shape index (κ1) is 12.3. The van der Waals surface area contributed by atoms with Gasteiger partial charge in [-0.2, -0.15) is 0 Å². The minimum absolute atomic E-state index is 0.0393. The van der Waals surface area contributed by atoms with Crippen LogP contribution in [0.15, 0.2) is 35.3 Å². The molecule has 1 atom stereocenters. The summed E-state index contributed by atoms with van der Waals surface area (Å²) in [7, 11) is 0. The standard InChI is InChI=1S/C12H11FN2S2/c1-7-15-10(6-11(17-7)12(14)16)8-2-4-9(13)5-3-8/h2-6,11H,1H3,(H2,14,16). The molecule has 1 aromatic rings. The van der Waals surface area contributed by atoms with Crippen LogP contribution in [0.25, 0.3) is 5.70 Å². The summed E-state index contributed by atoms with van der Waals surface area (Å²) in [5.74, 6) is -0.258. The van der Waals surface area contributed by atoms with Crippen LogP contribution >= 0.6 is 24.0 Å². The molecule has 2 rings (SSSR count). The second kappa shape index (κ2) is 4.98. The van der Waals surface area contributed by atoms with Crippen LogP contribution in [-0.2, 0) is 0 Å². The van der Waals surface area contributed by atoms with Crippen LogP contribution < -0.4 is 5.73 Å². The van der Waals surface area contributed by atoms with Crippen molar-refractivity contribution in [3.63, 3.8) is 0 Å². The van der Waals surface area contributed by atoms with Crippen molar-refractivity contribution in [3.05, 3.63) is 41.7 Å². The molecule has 5 heteroatoms. The monoisotopic (exact) mass is 266 g/mol. The van der Waals surface area contributed by atoms with Gasteiger partial charge >= 0.3 is 0 Å². The molecule has 1 unspecified atom stereocenters. The highest BCUT2D eigenvalue weighted by atomic mass is 32.2. The van der Waals surface area contributed by atoms with Gasteiger partial charge < -0.3 is 5.73 Å². The zero-order valence-corrected chi connectivity index (χ0v) is 10.8. The number of thiocarbonyl (C=S) groups is 1. The maximum Gasteiger partial charge on any atom is 0.123 e. The Balaban J connectivity index is 2.36. The lowest BCUT2D eigenvalue weighted by Gasteiger charge is -2.17. The summed E-state index contributed by atoms with van der Waals surface area (Å²) in [4.78, 5) is 4.85. The lowest BCUT2D eigenvalue weighted by molar-refractivity contribution is 0.627. The molecular formula is C12H11FN2S2. The van der Waals surface area contributed by atoms with E-state index in [4.69, 9.17) is 18.0 Å². The van der Waals surface area contributed by atoms with Crippen LogP contribution in [0.3, 0.4) is 0 Å². The van der Waals surface area contributed by atoms with E-state index in [9.17, 15) is 4.39 Å². The summed E-state index contributed by atoms with van der Waals surface area (Å²) in [5, 5.41) is 0.868. The number of hydrogen-bond acceptors (Lipinski definition) is 3. The summed E-state index contributed by atoms with van der Waals surface area (Å²) >= 11 is 6.52. The van der Waals surface area contributed by atoms with Gasteiger partial charge in [-0.1, -0.05) is 24.0 Å². The first-order chi connectivity index (χ1) is 8.06. The number of nitrogens with zero attached hydrogens (tertiary/aromatic N) is 1. The van der Waals surface area contributed by atoms with Crippen molar-refractivity contribution in [1.29, 1.82) is 0 Å². The van der Waals surface area contributed by atoms with Crippen LogP contribution in [0, 0.1) is 5.82 Å². The van der Waals surface area contributed by atoms with Gasteiger partial charge in [0.15, 0.2) is 0 Å². The number of aliphatic imine (C=N–C) groups is 1. The van der Waals surface area contributed by atoms with Gasteiger partial charge in [-0.05, 0) is 37.3 Å². The molecule has 0 saturated heterocycles. The Morgan fingerprint density at radius 2 is 2.06 bits per heavy atom. The molecule has 1 heterocycles. The van der Waals surface area contributed by atoms with Gasteiger partial charge in [-0.3, -0.25) is 0 Å². The topological polar surface area (TPSA) is 38.4 Å². The minimum atomic E-state index is -0.258. The molecule has 0 aromatic heterocycles. The highest BCUT2D eigenvalue weighted by molar-refractivity contribution is 8.15. The molecule has 17 heavy (non-hydrogen) atoms. The van der Waals surface area contributed by atoms with Gasteiger partial charge in [0.25, 0.3) is 0 Å². The zero-order valence-electron chi connectivity index (χ0n) is 9.18. The predicted molar refractivity (Wildman–Crippen MR) is 75.7 cm³/mol. The molecule has 1 aromatic carbocycles. The van der Waals surface area contributed by atoms with E-state index >= 15 is 0 Å². The van der Waals surface area contributed by atoms with E-state index in [0.29, 0.717) is 4.99 Å². The number of thioether (sulfide) groups is 1. The third-order valence-electron chi connectivity index (χ3n) is 2.31. The predicted octanol–water partition coefficient (Wildman–Crippen LogP) is 2.99.